The summed E-state index contributed by atoms with van der Waals surface area (Å²) in [6, 6.07) is 10.3. The molecule has 0 saturated carbocycles. The molecule has 2 aromatic rings. The molecule has 132 valence electrons. The van der Waals surface area contributed by atoms with Crippen molar-refractivity contribution in [3.63, 3.8) is 0 Å². The number of hydrogen-bond donors (Lipinski definition) is 2. The van der Waals surface area contributed by atoms with Gasteiger partial charge in [-0.25, -0.2) is 0 Å². The molecule has 0 saturated heterocycles. The number of benzene rings is 2. The molecule has 1 aliphatic heterocycles. The molecule has 0 aromatic heterocycles. The topological polar surface area (TPSA) is 66.8 Å². The first-order valence-electron chi connectivity index (χ1n) is 7.67. The lowest BCUT2D eigenvalue weighted by atomic mass is 9.86. The first-order chi connectivity index (χ1) is 11.9. The second kappa shape index (κ2) is 11.1. The average molecular weight is 470 g/mol. The van der Waals surface area contributed by atoms with E-state index in [1.165, 1.54) is 12.5 Å². The third kappa shape index (κ3) is 7.46. The Hall–Kier alpha value is -1.57. The SMILES string of the molecule is CCC.O=Cc1cc(Br)ccc1O.OB1C=Cc2cc(Br)ccc2O1. The van der Waals surface area contributed by atoms with Gasteiger partial charge in [0.2, 0.25) is 0 Å². The summed E-state index contributed by atoms with van der Waals surface area (Å²) in [6.45, 7) is 4.25. The Kier molecular flexibility index (Phi) is 9.56. The number of carbonyl (C=O) groups is 1. The van der Waals surface area contributed by atoms with E-state index in [0.717, 1.165) is 14.5 Å². The van der Waals surface area contributed by atoms with Crippen LogP contribution in [0.2, 0.25) is 0 Å². The Morgan fingerprint density at radius 3 is 2.32 bits per heavy atom. The van der Waals surface area contributed by atoms with Gasteiger partial charge in [0.05, 0.1) is 5.56 Å². The third-order valence-electron chi connectivity index (χ3n) is 2.78. The normalized spacial score (nSPS) is 11.2. The highest BCUT2D eigenvalue weighted by molar-refractivity contribution is 9.10. The molecular weight excluding hydrogens is 451 g/mol. The number of fused-ring (bicyclic) bond motifs is 1. The number of aromatic hydroxyl groups is 1. The van der Waals surface area contributed by atoms with Gasteiger partial charge in [-0.15, -0.1) is 0 Å². The van der Waals surface area contributed by atoms with Crippen molar-refractivity contribution in [3.05, 3.63) is 62.4 Å². The fourth-order valence-electron chi connectivity index (χ4n) is 1.73. The molecule has 4 nitrogen and oxygen atoms in total. The van der Waals surface area contributed by atoms with Crippen molar-refractivity contribution in [2.45, 2.75) is 20.3 Å². The number of hydrogen-bond acceptors (Lipinski definition) is 4. The van der Waals surface area contributed by atoms with Gasteiger partial charge in [-0.2, -0.15) is 0 Å². The van der Waals surface area contributed by atoms with Gasteiger partial charge in [0.15, 0.2) is 6.29 Å². The van der Waals surface area contributed by atoms with E-state index >= 15 is 0 Å². The summed E-state index contributed by atoms with van der Waals surface area (Å²) in [5, 5.41) is 18.1. The summed E-state index contributed by atoms with van der Waals surface area (Å²) in [6.07, 6.45) is 3.70. The van der Waals surface area contributed by atoms with E-state index in [4.69, 9.17) is 14.8 Å². The van der Waals surface area contributed by atoms with Crippen LogP contribution in [0.3, 0.4) is 0 Å². The summed E-state index contributed by atoms with van der Waals surface area (Å²) in [4.78, 5) is 10.2. The average Bonchev–Trinajstić information content (AvgIpc) is 2.58. The number of halogens is 2. The van der Waals surface area contributed by atoms with Crippen molar-refractivity contribution in [2.24, 2.45) is 0 Å². The van der Waals surface area contributed by atoms with Crippen molar-refractivity contribution >= 4 is 51.3 Å². The first-order valence-corrected chi connectivity index (χ1v) is 9.26. The van der Waals surface area contributed by atoms with E-state index in [1.54, 1.807) is 18.1 Å². The van der Waals surface area contributed by atoms with Crippen LogP contribution in [0.15, 0.2) is 51.3 Å². The fourth-order valence-corrected chi connectivity index (χ4v) is 2.49. The molecule has 0 aliphatic carbocycles. The van der Waals surface area contributed by atoms with Crippen LogP contribution in [0.1, 0.15) is 36.2 Å². The molecule has 0 unspecified atom stereocenters. The lowest BCUT2D eigenvalue weighted by Crippen LogP contribution is -2.21. The van der Waals surface area contributed by atoms with E-state index in [1.807, 2.05) is 24.3 Å². The van der Waals surface area contributed by atoms with Crippen molar-refractivity contribution in [3.8, 4) is 11.5 Å². The standard InChI is InChI=1S/C8H6BBrO2.C7H5BrO2.C3H8/c10-7-1-2-8-6(5-7)3-4-9(11)12-8;8-6-1-2-7(10)5(3-6)4-9;1-3-2/h1-5,11H;1-4,10H;3H2,1-2H3. The number of carbonyl (C=O) groups excluding carboxylic acids is 1. The number of phenolic OH excluding ortho intramolecular Hbond substituents is 1. The Morgan fingerprint density at radius 2 is 1.72 bits per heavy atom. The van der Waals surface area contributed by atoms with Gasteiger partial charge in [0.25, 0.3) is 0 Å². The monoisotopic (exact) mass is 468 g/mol. The molecular formula is C18H19BBr2O4. The smallest absolute Gasteiger partial charge is 0.532 e. The second-order valence-corrected chi connectivity index (χ2v) is 6.91. The number of rotatable bonds is 1. The van der Waals surface area contributed by atoms with E-state index in [9.17, 15) is 4.79 Å². The Balaban J connectivity index is 0.000000220. The molecule has 0 fully saturated rings. The molecule has 0 spiro atoms. The van der Waals surface area contributed by atoms with Crippen LogP contribution >= 0.6 is 31.9 Å². The molecule has 0 amide bonds. The zero-order valence-electron chi connectivity index (χ0n) is 13.9. The largest absolute Gasteiger partial charge is 0.552 e. The minimum absolute atomic E-state index is 0.0122. The molecule has 7 heteroatoms. The molecule has 2 aromatic carbocycles. The molecule has 0 atom stereocenters. The second-order valence-electron chi connectivity index (χ2n) is 5.08. The Bertz CT molecular complexity index is 735. The van der Waals surface area contributed by atoms with Gasteiger partial charge in [-0.3, -0.25) is 4.79 Å². The van der Waals surface area contributed by atoms with Crippen molar-refractivity contribution in [1.29, 1.82) is 0 Å². The lowest BCUT2D eigenvalue weighted by molar-refractivity contribution is 0.112. The molecule has 0 bridgehead atoms. The quantitative estimate of drug-likeness (QED) is 0.441. The zero-order valence-corrected chi connectivity index (χ0v) is 17.1. The first kappa shape index (κ1) is 21.5. The highest BCUT2D eigenvalue weighted by atomic mass is 79.9. The molecule has 1 heterocycles. The van der Waals surface area contributed by atoms with E-state index in [-0.39, 0.29) is 5.75 Å². The molecule has 1 aliphatic rings. The van der Waals surface area contributed by atoms with Crippen LogP contribution < -0.4 is 4.65 Å². The molecule has 3 rings (SSSR count). The van der Waals surface area contributed by atoms with Gasteiger partial charge in [-0.05, 0) is 42.4 Å². The summed E-state index contributed by atoms with van der Waals surface area (Å²) in [7, 11) is -0.807. The van der Waals surface area contributed by atoms with Gasteiger partial charge in [0.1, 0.15) is 11.5 Å². The van der Waals surface area contributed by atoms with Gasteiger partial charge >= 0.3 is 7.12 Å². The predicted octanol–water partition coefficient (Wildman–Crippen LogP) is 5.26. The van der Waals surface area contributed by atoms with Crippen LogP contribution in [0.25, 0.3) is 6.08 Å². The fraction of sp³-hybridized carbons (Fsp3) is 0.167. The Morgan fingerprint density at radius 1 is 1.12 bits per heavy atom. The maximum atomic E-state index is 10.2. The third-order valence-corrected chi connectivity index (χ3v) is 3.76. The van der Waals surface area contributed by atoms with Crippen LogP contribution in [0.4, 0.5) is 0 Å². The Labute approximate surface area is 164 Å². The predicted molar refractivity (Wildman–Crippen MR) is 109 cm³/mol. The number of phenols is 1. The lowest BCUT2D eigenvalue weighted by Gasteiger charge is -2.14. The molecule has 2 N–H and O–H groups in total. The van der Waals surface area contributed by atoms with Crippen LogP contribution in [0, 0.1) is 0 Å². The van der Waals surface area contributed by atoms with E-state index in [2.05, 4.69) is 45.7 Å². The van der Waals surface area contributed by atoms with Crippen molar-refractivity contribution in [2.75, 3.05) is 0 Å². The van der Waals surface area contributed by atoms with Crippen LogP contribution in [-0.4, -0.2) is 23.5 Å². The van der Waals surface area contributed by atoms with Crippen molar-refractivity contribution in [1.82, 2.24) is 0 Å². The van der Waals surface area contributed by atoms with Gasteiger partial charge in [0, 0.05) is 14.5 Å². The number of aldehydes is 1. The highest BCUT2D eigenvalue weighted by Crippen LogP contribution is 2.27. The zero-order chi connectivity index (χ0) is 18.8. The summed E-state index contributed by atoms with van der Waals surface area (Å²) >= 11 is 6.52. The maximum absolute atomic E-state index is 10.2. The minimum atomic E-state index is -0.807. The van der Waals surface area contributed by atoms with E-state index in [0.29, 0.717) is 17.6 Å². The van der Waals surface area contributed by atoms with Gasteiger partial charge < -0.3 is 14.8 Å². The summed E-state index contributed by atoms with van der Waals surface area (Å²) in [5.74, 6) is 2.33. The summed E-state index contributed by atoms with van der Waals surface area (Å²) < 4.78 is 6.92. The molecule has 25 heavy (non-hydrogen) atoms. The van der Waals surface area contributed by atoms with Crippen LogP contribution in [0.5, 0.6) is 11.5 Å². The highest BCUT2D eigenvalue weighted by Gasteiger charge is 2.17. The van der Waals surface area contributed by atoms with Crippen molar-refractivity contribution < 1.29 is 19.6 Å². The maximum Gasteiger partial charge on any atom is 0.552 e. The molecule has 0 radical (unpaired) electrons. The summed E-state index contributed by atoms with van der Waals surface area (Å²) in [5.41, 5.74) is 1.28. The van der Waals surface area contributed by atoms with Crippen LogP contribution in [-0.2, 0) is 0 Å². The van der Waals surface area contributed by atoms with E-state index < -0.39 is 7.12 Å². The van der Waals surface area contributed by atoms with Gasteiger partial charge in [-0.1, -0.05) is 58.2 Å². The minimum Gasteiger partial charge on any atom is -0.532 e.